The fraction of sp³-hybridized carbons (Fsp3) is 0.190. The minimum atomic E-state index is -0.172. The third-order valence-corrected chi connectivity index (χ3v) is 4.68. The molecule has 2 heterocycles. The summed E-state index contributed by atoms with van der Waals surface area (Å²) in [5.74, 6) is 0.456. The number of carbonyl (C=O) groups excluding carboxylic acids is 1. The lowest BCUT2D eigenvalue weighted by Gasteiger charge is -2.17. The van der Waals surface area contributed by atoms with Crippen molar-refractivity contribution in [1.82, 2.24) is 15.3 Å². The molecule has 0 saturated carbocycles. The number of anilines is 2. The average molecular weight is 344 g/mol. The highest BCUT2D eigenvalue weighted by Gasteiger charge is 2.22. The van der Waals surface area contributed by atoms with Crippen LogP contribution in [0.2, 0.25) is 0 Å². The Kier molecular flexibility index (Phi) is 4.35. The van der Waals surface area contributed by atoms with Gasteiger partial charge in [-0.15, -0.1) is 0 Å². The number of benzene rings is 2. The van der Waals surface area contributed by atoms with Crippen LogP contribution in [0.25, 0.3) is 0 Å². The van der Waals surface area contributed by atoms with E-state index in [-0.39, 0.29) is 11.9 Å². The second-order valence-corrected chi connectivity index (χ2v) is 6.41. The Balaban J connectivity index is 1.47. The molecule has 3 aromatic rings. The van der Waals surface area contributed by atoms with Crippen LogP contribution in [0, 0.1) is 0 Å². The highest BCUT2D eigenvalue weighted by Crippen LogP contribution is 2.31. The number of hydrogen-bond donors (Lipinski definition) is 1. The molecule has 0 radical (unpaired) electrons. The molecule has 1 aliphatic heterocycles. The number of rotatable bonds is 4. The Hall–Kier alpha value is -3.21. The summed E-state index contributed by atoms with van der Waals surface area (Å²) in [6.07, 6.45) is 4.17. The van der Waals surface area contributed by atoms with E-state index >= 15 is 0 Å². The van der Waals surface area contributed by atoms with Gasteiger partial charge in [0.05, 0.1) is 11.6 Å². The zero-order valence-corrected chi connectivity index (χ0v) is 14.6. The summed E-state index contributed by atoms with van der Waals surface area (Å²) in [5.41, 5.74) is 3.97. The van der Waals surface area contributed by atoms with Crippen LogP contribution in [0.5, 0.6) is 0 Å². The van der Waals surface area contributed by atoms with Crippen LogP contribution in [0.4, 0.5) is 11.6 Å². The van der Waals surface area contributed by atoms with E-state index in [1.807, 2.05) is 49.4 Å². The van der Waals surface area contributed by atoms with Gasteiger partial charge in [0, 0.05) is 24.6 Å². The zero-order valence-electron chi connectivity index (χ0n) is 14.6. The van der Waals surface area contributed by atoms with Crippen molar-refractivity contribution < 1.29 is 4.79 Å². The molecule has 1 atom stereocenters. The fourth-order valence-corrected chi connectivity index (χ4v) is 3.23. The van der Waals surface area contributed by atoms with Gasteiger partial charge in [0.2, 0.25) is 5.95 Å². The van der Waals surface area contributed by atoms with Crippen molar-refractivity contribution in [2.45, 2.75) is 19.4 Å². The molecule has 1 unspecified atom stereocenters. The van der Waals surface area contributed by atoms with Gasteiger partial charge in [0.25, 0.3) is 5.91 Å². The van der Waals surface area contributed by atoms with E-state index in [0.29, 0.717) is 11.5 Å². The van der Waals surface area contributed by atoms with Gasteiger partial charge in [0.1, 0.15) is 0 Å². The Labute approximate surface area is 152 Å². The molecule has 5 nitrogen and oxygen atoms in total. The summed E-state index contributed by atoms with van der Waals surface area (Å²) >= 11 is 0. The lowest BCUT2D eigenvalue weighted by atomic mass is 10.1. The number of nitrogens with one attached hydrogen (secondary N) is 1. The van der Waals surface area contributed by atoms with Crippen LogP contribution in [-0.4, -0.2) is 22.4 Å². The maximum atomic E-state index is 12.5. The van der Waals surface area contributed by atoms with E-state index < -0.39 is 0 Å². The molecule has 0 spiro atoms. The van der Waals surface area contributed by atoms with Gasteiger partial charge in [0.15, 0.2) is 0 Å². The summed E-state index contributed by atoms with van der Waals surface area (Å²) in [7, 11) is 0. The number of hydrogen-bond acceptors (Lipinski definition) is 4. The summed E-state index contributed by atoms with van der Waals surface area (Å²) < 4.78 is 0. The molecule has 5 heteroatoms. The third-order valence-electron chi connectivity index (χ3n) is 4.68. The van der Waals surface area contributed by atoms with Crippen LogP contribution < -0.4 is 10.2 Å². The first-order valence-corrected chi connectivity index (χ1v) is 8.75. The molecular formula is C21H20N4O. The second kappa shape index (κ2) is 6.96. The van der Waals surface area contributed by atoms with Gasteiger partial charge < -0.3 is 10.2 Å². The fourth-order valence-electron chi connectivity index (χ4n) is 3.23. The Morgan fingerprint density at radius 1 is 1.04 bits per heavy atom. The summed E-state index contributed by atoms with van der Waals surface area (Å²) in [6.45, 7) is 2.82. The monoisotopic (exact) mass is 344 g/mol. The minimum absolute atomic E-state index is 0.0752. The smallest absolute Gasteiger partial charge is 0.254 e. The van der Waals surface area contributed by atoms with Crippen molar-refractivity contribution in [1.29, 1.82) is 0 Å². The van der Waals surface area contributed by atoms with Crippen LogP contribution in [0.3, 0.4) is 0 Å². The highest BCUT2D eigenvalue weighted by atomic mass is 16.1. The van der Waals surface area contributed by atoms with E-state index in [4.69, 9.17) is 0 Å². The van der Waals surface area contributed by atoms with E-state index in [1.54, 1.807) is 12.4 Å². The Morgan fingerprint density at radius 3 is 2.50 bits per heavy atom. The molecular weight excluding hydrogens is 324 g/mol. The van der Waals surface area contributed by atoms with Crippen molar-refractivity contribution >= 4 is 17.5 Å². The molecule has 1 aliphatic rings. The number of aromatic nitrogens is 2. The van der Waals surface area contributed by atoms with Gasteiger partial charge in [-0.3, -0.25) is 4.79 Å². The maximum absolute atomic E-state index is 12.5. The second-order valence-electron chi connectivity index (χ2n) is 6.41. The molecule has 26 heavy (non-hydrogen) atoms. The SMILES string of the molecule is CC(NC(=O)c1cnc(N2CCc3ccccc32)nc1)c1ccccc1. The number of amides is 1. The molecule has 1 amide bonds. The van der Waals surface area contributed by atoms with Gasteiger partial charge in [-0.2, -0.15) is 0 Å². The van der Waals surface area contributed by atoms with Crippen molar-refractivity contribution in [3.63, 3.8) is 0 Å². The van der Waals surface area contributed by atoms with Crippen LogP contribution in [0.1, 0.15) is 34.5 Å². The standard InChI is InChI=1S/C21H20N4O/c1-15(16-7-3-2-4-8-16)24-20(26)18-13-22-21(23-14-18)25-12-11-17-9-5-6-10-19(17)25/h2-10,13-15H,11-12H2,1H3,(H,24,26). The third kappa shape index (κ3) is 3.16. The number of carbonyl (C=O) groups is 1. The van der Waals surface area contributed by atoms with E-state index in [0.717, 1.165) is 24.2 Å². The van der Waals surface area contributed by atoms with Gasteiger partial charge >= 0.3 is 0 Å². The Bertz CT molecular complexity index is 909. The molecule has 0 aliphatic carbocycles. The van der Waals surface area contributed by atoms with Crippen LogP contribution in [0.15, 0.2) is 67.0 Å². The molecule has 4 rings (SSSR count). The molecule has 0 bridgehead atoms. The highest BCUT2D eigenvalue weighted by molar-refractivity contribution is 5.94. The van der Waals surface area contributed by atoms with E-state index in [9.17, 15) is 4.79 Å². The lowest BCUT2D eigenvalue weighted by molar-refractivity contribution is 0.0939. The van der Waals surface area contributed by atoms with E-state index in [2.05, 4.69) is 32.3 Å². The van der Waals surface area contributed by atoms with Crippen molar-refractivity contribution in [2.75, 3.05) is 11.4 Å². The maximum Gasteiger partial charge on any atom is 0.254 e. The van der Waals surface area contributed by atoms with Gasteiger partial charge in [-0.25, -0.2) is 9.97 Å². The number of fused-ring (bicyclic) bond motifs is 1. The molecule has 1 aromatic heterocycles. The van der Waals surface area contributed by atoms with Gasteiger partial charge in [-0.1, -0.05) is 48.5 Å². The largest absolute Gasteiger partial charge is 0.345 e. The zero-order chi connectivity index (χ0) is 17.9. The first kappa shape index (κ1) is 16.3. The topological polar surface area (TPSA) is 58.1 Å². The lowest BCUT2D eigenvalue weighted by Crippen LogP contribution is -2.27. The van der Waals surface area contributed by atoms with Crippen LogP contribution >= 0.6 is 0 Å². The summed E-state index contributed by atoms with van der Waals surface area (Å²) in [5, 5.41) is 2.98. The molecule has 1 N–H and O–H groups in total. The normalized spacial score (nSPS) is 14.0. The summed E-state index contributed by atoms with van der Waals surface area (Å²) in [4.78, 5) is 23.4. The predicted octanol–water partition coefficient (Wildman–Crippen LogP) is 3.66. The number of para-hydroxylation sites is 1. The average Bonchev–Trinajstić information content (AvgIpc) is 3.13. The minimum Gasteiger partial charge on any atom is -0.345 e. The predicted molar refractivity (Wildman–Crippen MR) is 102 cm³/mol. The van der Waals surface area contributed by atoms with Crippen molar-refractivity contribution in [3.05, 3.63) is 83.7 Å². The molecule has 0 fully saturated rings. The summed E-state index contributed by atoms with van der Waals surface area (Å²) in [6, 6.07) is 18.1. The number of nitrogens with zero attached hydrogens (tertiary/aromatic N) is 3. The quantitative estimate of drug-likeness (QED) is 0.785. The van der Waals surface area contributed by atoms with Crippen LogP contribution in [-0.2, 0) is 6.42 Å². The molecule has 2 aromatic carbocycles. The molecule has 0 saturated heterocycles. The first-order valence-electron chi connectivity index (χ1n) is 8.75. The van der Waals surface area contributed by atoms with Crippen molar-refractivity contribution in [2.24, 2.45) is 0 Å². The van der Waals surface area contributed by atoms with E-state index in [1.165, 1.54) is 5.56 Å². The van der Waals surface area contributed by atoms with Gasteiger partial charge in [-0.05, 0) is 30.5 Å². The van der Waals surface area contributed by atoms with Crippen molar-refractivity contribution in [3.8, 4) is 0 Å². The first-order chi connectivity index (χ1) is 12.7. The Morgan fingerprint density at radius 2 is 1.73 bits per heavy atom. The molecule has 130 valence electrons.